The molecule has 0 bridgehead atoms. The summed E-state index contributed by atoms with van der Waals surface area (Å²) in [5.41, 5.74) is 3.29. The molecule has 3 aromatic carbocycles. The first-order valence-corrected chi connectivity index (χ1v) is 15.9. The molecular formula is C33H41N3O4S. The summed E-state index contributed by atoms with van der Waals surface area (Å²) < 4.78 is 29.0. The molecule has 0 aromatic heterocycles. The van der Waals surface area contributed by atoms with Crippen LogP contribution in [-0.2, 0) is 26.2 Å². The number of anilines is 1. The van der Waals surface area contributed by atoms with Crippen LogP contribution in [0, 0.1) is 13.8 Å². The molecule has 2 amide bonds. The molecular weight excluding hydrogens is 534 g/mol. The van der Waals surface area contributed by atoms with Crippen molar-refractivity contribution in [1.82, 2.24) is 10.2 Å². The summed E-state index contributed by atoms with van der Waals surface area (Å²) in [6.07, 6.45) is 5.61. The maximum atomic E-state index is 14.2. The molecule has 0 spiro atoms. The maximum Gasteiger partial charge on any atom is 0.264 e. The second kappa shape index (κ2) is 13.8. The molecule has 7 nitrogen and oxygen atoms in total. The molecule has 0 heterocycles. The predicted molar refractivity (Wildman–Crippen MR) is 163 cm³/mol. The van der Waals surface area contributed by atoms with Crippen molar-refractivity contribution < 1.29 is 18.0 Å². The van der Waals surface area contributed by atoms with Crippen molar-refractivity contribution in [1.29, 1.82) is 0 Å². The zero-order chi connectivity index (χ0) is 29.4. The second-order valence-electron chi connectivity index (χ2n) is 10.9. The number of para-hydroxylation sites is 1. The third kappa shape index (κ3) is 7.76. The van der Waals surface area contributed by atoms with Gasteiger partial charge < -0.3 is 10.2 Å². The highest BCUT2D eigenvalue weighted by Crippen LogP contribution is 2.25. The fourth-order valence-electron chi connectivity index (χ4n) is 5.31. The summed E-state index contributed by atoms with van der Waals surface area (Å²) in [4.78, 5) is 29.4. The standard InChI is InChI=1S/C33H41N3O4S/c1-4-31(33(38)34-28-11-7-5-8-12-28)35(23-27-19-15-25(2)16-20-27)32(37)24-36(29-13-9-6-10-14-29)41(39,40)30-21-17-26(3)18-22-30/h6,9-10,13-22,28,31H,4-5,7-8,11-12,23-24H2,1-3H3,(H,34,38)/t31-/m0/s1. The van der Waals surface area contributed by atoms with Crippen LogP contribution in [0.4, 0.5) is 5.69 Å². The lowest BCUT2D eigenvalue weighted by Gasteiger charge is -2.34. The van der Waals surface area contributed by atoms with E-state index >= 15 is 0 Å². The first-order chi connectivity index (χ1) is 19.7. The quantitative estimate of drug-likeness (QED) is 0.315. The van der Waals surface area contributed by atoms with E-state index in [9.17, 15) is 18.0 Å². The van der Waals surface area contributed by atoms with Crippen molar-refractivity contribution in [3.05, 3.63) is 95.6 Å². The topological polar surface area (TPSA) is 86.8 Å². The Bertz CT molecular complexity index is 1400. The monoisotopic (exact) mass is 575 g/mol. The number of benzene rings is 3. The molecule has 1 N–H and O–H groups in total. The molecule has 0 unspecified atom stereocenters. The van der Waals surface area contributed by atoms with E-state index in [0.717, 1.165) is 46.7 Å². The van der Waals surface area contributed by atoms with Gasteiger partial charge in [-0.25, -0.2) is 8.42 Å². The number of nitrogens with zero attached hydrogens (tertiary/aromatic N) is 2. The van der Waals surface area contributed by atoms with Crippen LogP contribution in [0.2, 0.25) is 0 Å². The van der Waals surface area contributed by atoms with E-state index in [4.69, 9.17) is 0 Å². The van der Waals surface area contributed by atoms with Crippen LogP contribution < -0.4 is 9.62 Å². The summed E-state index contributed by atoms with van der Waals surface area (Å²) in [7, 11) is -4.07. The zero-order valence-corrected chi connectivity index (χ0v) is 25.1. The van der Waals surface area contributed by atoms with E-state index < -0.39 is 28.5 Å². The number of sulfonamides is 1. The number of rotatable bonds is 11. The van der Waals surface area contributed by atoms with Crippen molar-refractivity contribution in [2.45, 2.75) is 82.8 Å². The van der Waals surface area contributed by atoms with Crippen LogP contribution in [0.5, 0.6) is 0 Å². The van der Waals surface area contributed by atoms with Crippen molar-refractivity contribution in [2.75, 3.05) is 10.8 Å². The predicted octanol–water partition coefficient (Wildman–Crippen LogP) is 5.76. The van der Waals surface area contributed by atoms with Gasteiger partial charge in [0.25, 0.3) is 10.0 Å². The Kier molecular flexibility index (Phi) is 10.2. The van der Waals surface area contributed by atoms with Gasteiger partial charge in [0, 0.05) is 12.6 Å². The average Bonchev–Trinajstić information content (AvgIpc) is 2.98. The van der Waals surface area contributed by atoms with Crippen molar-refractivity contribution in [3.63, 3.8) is 0 Å². The normalized spacial score (nSPS) is 14.7. The summed E-state index contributed by atoms with van der Waals surface area (Å²) in [5, 5.41) is 3.18. The lowest BCUT2D eigenvalue weighted by atomic mass is 9.95. The summed E-state index contributed by atoms with van der Waals surface area (Å²) in [6, 6.07) is 22.4. The van der Waals surface area contributed by atoms with E-state index in [1.165, 1.54) is 6.42 Å². The SMILES string of the molecule is CC[C@@H](C(=O)NC1CCCCC1)N(Cc1ccc(C)cc1)C(=O)CN(c1ccccc1)S(=O)(=O)c1ccc(C)cc1. The Morgan fingerprint density at radius 3 is 2.02 bits per heavy atom. The van der Waals surface area contributed by atoms with Crippen LogP contribution in [0.25, 0.3) is 0 Å². The molecule has 1 aliphatic rings. The Morgan fingerprint density at radius 1 is 0.854 bits per heavy atom. The maximum absolute atomic E-state index is 14.2. The van der Waals surface area contributed by atoms with Gasteiger partial charge in [0.15, 0.2) is 0 Å². The highest BCUT2D eigenvalue weighted by atomic mass is 32.2. The van der Waals surface area contributed by atoms with Gasteiger partial charge in [0.05, 0.1) is 10.6 Å². The third-order valence-corrected chi connectivity index (χ3v) is 9.53. The van der Waals surface area contributed by atoms with Crippen LogP contribution in [-0.4, -0.2) is 43.8 Å². The van der Waals surface area contributed by atoms with Crippen molar-refractivity contribution in [2.24, 2.45) is 0 Å². The van der Waals surface area contributed by atoms with Gasteiger partial charge in [0.1, 0.15) is 12.6 Å². The van der Waals surface area contributed by atoms with Gasteiger partial charge in [0.2, 0.25) is 11.8 Å². The Morgan fingerprint density at radius 2 is 1.44 bits per heavy atom. The van der Waals surface area contributed by atoms with Crippen molar-refractivity contribution in [3.8, 4) is 0 Å². The molecule has 0 radical (unpaired) electrons. The number of carbonyl (C=O) groups excluding carboxylic acids is 2. The molecule has 41 heavy (non-hydrogen) atoms. The molecule has 218 valence electrons. The van der Waals surface area contributed by atoms with Crippen LogP contribution >= 0.6 is 0 Å². The lowest BCUT2D eigenvalue weighted by molar-refractivity contribution is -0.140. The molecule has 1 atom stereocenters. The van der Waals surface area contributed by atoms with Gasteiger partial charge in [-0.2, -0.15) is 0 Å². The van der Waals surface area contributed by atoms with Gasteiger partial charge in [-0.3, -0.25) is 13.9 Å². The zero-order valence-electron chi connectivity index (χ0n) is 24.3. The number of nitrogens with one attached hydrogen (secondary N) is 1. The molecule has 0 aliphatic heterocycles. The summed E-state index contributed by atoms with van der Waals surface area (Å²) in [5.74, 6) is -0.622. The minimum Gasteiger partial charge on any atom is -0.352 e. The second-order valence-corrected chi connectivity index (χ2v) is 12.8. The molecule has 3 aromatic rings. The number of hydrogen-bond donors (Lipinski definition) is 1. The smallest absolute Gasteiger partial charge is 0.264 e. The largest absolute Gasteiger partial charge is 0.352 e. The molecule has 8 heteroatoms. The van der Waals surface area contributed by atoms with Crippen molar-refractivity contribution >= 4 is 27.5 Å². The number of carbonyl (C=O) groups is 2. The van der Waals surface area contributed by atoms with Gasteiger partial charge >= 0.3 is 0 Å². The molecule has 1 fully saturated rings. The van der Waals surface area contributed by atoms with E-state index in [-0.39, 0.29) is 23.4 Å². The lowest BCUT2D eigenvalue weighted by Crippen LogP contribution is -2.54. The number of hydrogen-bond acceptors (Lipinski definition) is 4. The van der Waals surface area contributed by atoms with E-state index in [2.05, 4.69) is 5.32 Å². The fourth-order valence-corrected chi connectivity index (χ4v) is 6.73. The Labute approximate surface area is 244 Å². The van der Waals surface area contributed by atoms with E-state index in [0.29, 0.717) is 12.1 Å². The van der Waals surface area contributed by atoms with Gasteiger partial charge in [-0.1, -0.05) is 91.9 Å². The third-order valence-electron chi connectivity index (χ3n) is 7.74. The minimum atomic E-state index is -4.07. The molecule has 4 rings (SSSR count). The first kappa shape index (κ1) is 30.3. The van der Waals surface area contributed by atoms with Crippen LogP contribution in [0.3, 0.4) is 0 Å². The van der Waals surface area contributed by atoms with Crippen LogP contribution in [0.1, 0.15) is 62.1 Å². The fraction of sp³-hybridized carbons (Fsp3) is 0.394. The van der Waals surface area contributed by atoms with E-state index in [1.807, 2.05) is 45.0 Å². The summed E-state index contributed by atoms with van der Waals surface area (Å²) >= 11 is 0. The van der Waals surface area contributed by atoms with Crippen LogP contribution in [0.15, 0.2) is 83.8 Å². The average molecular weight is 576 g/mol. The number of aryl methyl sites for hydroxylation is 2. The molecule has 0 saturated heterocycles. The Balaban J connectivity index is 1.68. The van der Waals surface area contributed by atoms with Gasteiger partial charge in [-0.05, 0) is 62.9 Å². The van der Waals surface area contributed by atoms with E-state index in [1.54, 1.807) is 59.5 Å². The van der Waals surface area contributed by atoms with Gasteiger partial charge in [-0.15, -0.1) is 0 Å². The molecule has 1 saturated carbocycles. The molecule has 1 aliphatic carbocycles. The minimum absolute atomic E-state index is 0.101. The summed E-state index contributed by atoms with van der Waals surface area (Å²) in [6.45, 7) is 5.54. The highest BCUT2D eigenvalue weighted by molar-refractivity contribution is 7.92. The first-order valence-electron chi connectivity index (χ1n) is 14.5. The number of amides is 2. The Hall–Kier alpha value is -3.65. The highest BCUT2D eigenvalue weighted by Gasteiger charge is 2.34.